The maximum absolute atomic E-state index is 12.1. The van der Waals surface area contributed by atoms with Gasteiger partial charge in [0.25, 0.3) is 0 Å². The maximum Gasteiger partial charge on any atom is 0.417 e. The lowest BCUT2D eigenvalue weighted by Gasteiger charge is -2.19. The minimum atomic E-state index is -0.871. The van der Waals surface area contributed by atoms with Crippen LogP contribution in [-0.2, 0) is 25.7 Å². The van der Waals surface area contributed by atoms with Gasteiger partial charge in [0.05, 0.1) is 6.61 Å². The van der Waals surface area contributed by atoms with Crippen molar-refractivity contribution in [2.75, 3.05) is 19.7 Å². The topological polar surface area (TPSA) is 98.9 Å². The molecule has 0 atom stereocenters. The first-order valence-electron chi connectivity index (χ1n) is 7.45. The lowest BCUT2D eigenvalue weighted by atomic mass is 10.2. The molecule has 2 N–H and O–H groups in total. The first-order valence-corrected chi connectivity index (χ1v) is 7.45. The number of rotatable bonds is 8. The third-order valence-corrected chi connectivity index (χ3v) is 2.91. The molecule has 7 heteroatoms. The summed E-state index contributed by atoms with van der Waals surface area (Å²) in [6.07, 6.45) is -0.385. The lowest BCUT2D eigenvalue weighted by molar-refractivity contribution is -0.148. The predicted molar refractivity (Wildman–Crippen MR) is 83.3 cm³/mol. The molecule has 126 valence electrons. The Morgan fingerprint density at radius 1 is 1.13 bits per heavy atom. The molecular formula is C16H22N2O5. The monoisotopic (exact) mass is 322 g/mol. The fourth-order valence-corrected chi connectivity index (χ4v) is 1.78. The van der Waals surface area contributed by atoms with Crippen LogP contribution < -0.4 is 5.73 Å². The molecule has 0 heterocycles. The Morgan fingerprint density at radius 2 is 1.83 bits per heavy atom. The van der Waals surface area contributed by atoms with Gasteiger partial charge in [-0.25, -0.2) is 9.69 Å². The van der Waals surface area contributed by atoms with Crippen LogP contribution in [0.1, 0.15) is 25.3 Å². The Bertz CT molecular complexity index is 518. The number of nitrogens with zero attached hydrogens (tertiary/aromatic N) is 1. The van der Waals surface area contributed by atoms with Crippen LogP contribution in [0.15, 0.2) is 30.3 Å². The maximum atomic E-state index is 12.1. The van der Waals surface area contributed by atoms with Crippen LogP contribution in [0.4, 0.5) is 4.79 Å². The minimum Gasteiger partial charge on any atom is -0.465 e. The molecule has 0 saturated carbocycles. The van der Waals surface area contributed by atoms with Crippen LogP contribution in [0.25, 0.3) is 0 Å². The second-order valence-electron chi connectivity index (χ2n) is 4.72. The number of carbonyl (C=O) groups excluding carboxylic acids is 3. The summed E-state index contributed by atoms with van der Waals surface area (Å²) in [6, 6.07) is 9.05. The van der Waals surface area contributed by atoms with Crippen molar-refractivity contribution in [2.45, 2.75) is 26.4 Å². The lowest BCUT2D eigenvalue weighted by Crippen LogP contribution is -2.41. The van der Waals surface area contributed by atoms with Crippen molar-refractivity contribution >= 4 is 18.0 Å². The summed E-state index contributed by atoms with van der Waals surface area (Å²) in [5, 5.41) is 0. The third kappa shape index (κ3) is 6.92. The number of imide groups is 1. The van der Waals surface area contributed by atoms with Crippen LogP contribution in [0.5, 0.6) is 0 Å². The second kappa shape index (κ2) is 10.3. The molecule has 1 rings (SSSR count). The van der Waals surface area contributed by atoms with E-state index in [4.69, 9.17) is 15.2 Å². The number of benzene rings is 1. The average Bonchev–Trinajstić information content (AvgIpc) is 2.56. The van der Waals surface area contributed by atoms with Crippen molar-refractivity contribution in [1.29, 1.82) is 0 Å². The molecule has 7 nitrogen and oxygen atoms in total. The summed E-state index contributed by atoms with van der Waals surface area (Å²) >= 11 is 0. The number of ether oxygens (including phenoxy) is 2. The standard InChI is InChI=1S/C16H22N2O5/c1-2-22-15(20)11-18(14(19)9-6-10-17)16(21)23-12-13-7-4-3-5-8-13/h3-5,7-8H,2,6,9-12,17H2,1H3. The zero-order valence-corrected chi connectivity index (χ0v) is 13.2. The van der Waals surface area contributed by atoms with Gasteiger partial charge in [-0.2, -0.15) is 0 Å². The van der Waals surface area contributed by atoms with Gasteiger partial charge in [0.15, 0.2) is 0 Å². The zero-order valence-electron chi connectivity index (χ0n) is 13.2. The minimum absolute atomic E-state index is 0.0170. The third-order valence-electron chi connectivity index (χ3n) is 2.91. The number of carbonyl (C=O) groups is 3. The predicted octanol–water partition coefficient (Wildman–Crippen LogP) is 1.45. The van der Waals surface area contributed by atoms with Gasteiger partial charge in [-0.05, 0) is 25.5 Å². The van der Waals surface area contributed by atoms with Gasteiger partial charge in [0.1, 0.15) is 13.2 Å². The van der Waals surface area contributed by atoms with Crippen molar-refractivity contribution in [1.82, 2.24) is 4.90 Å². The highest BCUT2D eigenvalue weighted by Crippen LogP contribution is 2.06. The summed E-state index contributed by atoms with van der Waals surface area (Å²) in [7, 11) is 0. The normalized spacial score (nSPS) is 10.0. The van der Waals surface area contributed by atoms with Gasteiger partial charge in [-0.3, -0.25) is 9.59 Å². The number of amides is 2. The summed E-state index contributed by atoms with van der Waals surface area (Å²) < 4.78 is 9.87. The molecular weight excluding hydrogens is 300 g/mol. The Morgan fingerprint density at radius 3 is 2.43 bits per heavy atom. The van der Waals surface area contributed by atoms with Crippen molar-refractivity contribution in [2.24, 2.45) is 5.73 Å². The SMILES string of the molecule is CCOC(=O)CN(C(=O)CCCN)C(=O)OCc1ccccc1. The van der Waals surface area contributed by atoms with Crippen LogP contribution >= 0.6 is 0 Å². The van der Waals surface area contributed by atoms with E-state index in [0.717, 1.165) is 10.5 Å². The van der Waals surface area contributed by atoms with Gasteiger partial charge in [-0.1, -0.05) is 30.3 Å². The molecule has 2 amide bonds. The first kappa shape index (κ1) is 18.6. The van der Waals surface area contributed by atoms with E-state index in [2.05, 4.69) is 0 Å². The molecule has 0 aliphatic rings. The number of hydrogen-bond acceptors (Lipinski definition) is 6. The van der Waals surface area contributed by atoms with Crippen molar-refractivity contribution in [3.63, 3.8) is 0 Å². The summed E-state index contributed by atoms with van der Waals surface area (Å²) in [4.78, 5) is 36.5. The highest BCUT2D eigenvalue weighted by atomic mass is 16.6. The van der Waals surface area contributed by atoms with E-state index in [-0.39, 0.29) is 19.6 Å². The van der Waals surface area contributed by atoms with Gasteiger partial charge < -0.3 is 15.2 Å². The number of nitrogens with two attached hydrogens (primary N) is 1. The molecule has 1 aromatic carbocycles. The molecule has 0 fully saturated rings. The van der Waals surface area contributed by atoms with E-state index in [0.29, 0.717) is 13.0 Å². The quantitative estimate of drug-likeness (QED) is 0.727. The van der Waals surface area contributed by atoms with E-state index >= 15 is 0 Å². The van der Waals surface area contributed by atoms with Gasteiger partial charge in [-0.15, -0.1) is 0 Å². The molecule has 0 saturated heterocycles. The Kier molecular flexibility index (Phi) is 8.38. The molecule has 0 bridgehead atoms. The van der Waals surface area contributed by atoms with Gasteiger partial charge in [0, 0.05) is 6.42 Å². The second-order valence-corrected chi connectivity index (χ2v) is 4.72. The van der Waals surface area contributed by atoms with Crippen LogP contribution in [0.2, 0.25) is 0 Å². The average molecular weight is 322 g/mol. The van der Waals surface area contributed by atoms with E-state index in [1.165, 1.54) is 0 Å². The smallest absolute Gasteiger partial charge is 0.417 e. The van der Waals surface area contributed by atoms with Crippen LogP contribution in [-0.4, -0.2) is 42.6 Å². The number of esters is 1. The Balaban J connectivity index is 2.66. The van der Waals surface area contributed by atoms with Gasteiger partial charge >= 0.3 is 12.1 Å². The molecule has 23 heavy (non-hydrogen) atoms. The molecule has 0 spiro atoms. The van der Waals surface area contributed by atoms with Crippen molar-refractivity contribution in [3.05, 3.63) is 35.9 Å². The largest absolute Gasteiger partial charge is 0.465 e. The molecule has 0 aromatic heterocycles. The van der Waals surface area contributed by atoms with E-state index in [1.807, 2.05) is 18.2 Å². The Labute approximate surface area is 135 Å². The van der Waals surface area contributed by atoms with Crippen LogP contribution in [0.3, 0.4) is 0 Å². The molecule has 0 radical (unpaired) electrons. The summed E-state index contributed by atoms with van der Waals surface area (Å²) in [6.45, 7) is 1.68. The highest BCUT2D eigenvalue weighted by molar-refractivity contribution is 5.95. The summed E-state index contributed by atoms with van der Waals surface area (Å²) in [5.74, 6) is -1.17. The van der Waals surface area contributed by atoms with E-state index in [1.54, 1.807) is 19.1 Å². The fraction of sp³-hybridized carbons (Fsp3) is 0.438. The molecule has 0 unspecified atom stereocenters. The molecule has 0 aliphatic carbocycles. The first-order chi connectivity index (χ1) is 11.1. The zero-order chi connectivity index (χ0) is 17.1. The Hall–Kier alpha value is -2.41. The van der Waals surface area contributed by atoms with E-state index in [9.17, 15) is 14.4 Å². The van der Waals surface area contributed by atoms with Crippen molar-refractivity contribution in [3.8, 4) is 0 Å². The highest BCUT2D eigenvalue weighted by Gasteiger charge is 2.25. The molecule has 1 aromatic rings. The van der Waals surface area contributed by atoms with Crippen molar-refractivity contribution < 1.29 is 23.9 Å². The van der Waals surface area contributed by atoms with Gasteiger partial charge in [0.2, 0.25) is 5.91 Å². The fourth-order valence-electron chi connectivity index (χ4n) is 1.78. The van der Waals surface area contributed by atoms with E-state index < -0.39 is 24.5 Å². The number of hydrogen-bond donors (Lipinski definition) is 1. The van der Waals surface area contributed by atoms with Crippen LogP contribution in [0, 0.1) is 0 Å². The summed E-state index contributed by atoms with van der Waals surface area (Å²) in [5.41, 5.74) is 6.14. The molecule has 0 aliphatic heterocycles.